The Labute approximate surface area is 81.4 Å². The van der Waals surface area contributed by atoms with Gasteiger partial charge in [0.15, 0.2) is 0 Å². The van der Waals surface area contributed by atoms with Gasteiger partial charge in [0.2, 0.25) is 0 Å². The van der Waals surface area contributed by atoms with E-state index >= 15 is 0 Å². The van der Waals surface area contributed by atoms with Gasteiger partial charge in [0.05, 0.1) is 12.6 Å². The summed E-state index contributed by atoms with van der Waals surface area (Å²) < 4.78 is 5.54. The summed E-state index contributed by atoms with van der Waals surface area (Å²) in [4.78, 5) is 0. The van der Waals surface area contributed by atoms with E-state index in [9.17, 15) is 0 Å². The van der Waals surface area contributed by atoms with E-state index in [1.54, 1.807) is 0 Å². The minimum Gasteiger partial charge on any atom is -0.496 e. The smallest absolute Gasteiger partial charge is 0.109 e. The summed E-state index contributed by atoms with van der Waals surface area (Å²) in [5.74, 6) is 1.93. The first-order valence-electron chi connectivity index (χ1n) is 5.24. The lowest BCUT2D eigenvalue weighted by atomic mass is 10.0. The van der Waals surface area contributed by atoms with Crippen LogP contribution in [0.2, 0.25) is 0 Å². The van der Waals surface area contributed by atoms with Crippen LogP contribution in [-0.2, 0) is 4.74 Å². The molecule has 1 rings (SSSR count). The van der Waals surface area contributed by atoms with Crippen LogP contribution in [0.5, 0.6) is 0 Å². The van der Waals surface area contributed by atoms with E-state index < -0.39 is 0 Å². The molecule has 0 aromatic carbocycles. The Morgan fingerprint density at radius 3 is 2.69 bits per heavy atom. The molecule has 13 heavy (non-hydrogen) atoms. The van der Waals surface area contributed by atoms with Crippen molar-refractivity contribution in [2.45, 2.75) is 39.2 Å². The first-order valence-corrected chi connectivity index (χ1v) is 5.24. The van der Waals surface area contributed by atoms with Crippen molar-refractivity contribution < 1.29 is 4.74 Å². The lowest BCUT2D eigenvalue weighted by Gasteiger charge is -2.18. The Bertz CT molecular complexity index is 175. The molecule has 0 aliphatic carbocycles. The van der Waals surface area contributed by atoms with Gasteiger partial charge >= 0.3 is 0 Å². The molecule has 0 radical (unpaired) electrons. The monoisotopic (exact) mass is 183 g/mol. The van der Waals surface area contributed by atoms with E-state index in [-0.39, 0.29) is 0 Å². The van der Waals surface area contributed by atoms with E-state index in [2.05, 4.69) is 25.2 Å². The van der Waals surface area contributed by atoms with Crippen molar-refractivity contribution >= 4 is 0 Å². The molecule has 76 valence electrons. The molecule has 0 saturated heterocycles. The quantitative estimate of drug-likeness (QED) is 0.706. The number of rotatable bonds is 5. The minimum atomic E-state index is 0.435. The maximum Gasteiger partial charge on any atom is 0.109 e. The van der Waals surface area contributed by atoms with Crippen molar-refractivity contribution in [3.05, 3.63) is 11.8 Å². The minimum absolute atomic E-state index is 0.435. The zero-order valence-corrected chi connectivity index (χ0v) is 8.97. The van der Waals surface area contributed by atoms with E-state index in [1.807, 2.05) is 7.05 Å². The molecule has 0 aromatic rings. The normalized spacial score (nSPS) is 18.6. The van der Waals surface area contributed by atoms with Crippen LogP contribution in [0.4, 0.5) is 0 Å². The van der Waals surface area contributed by atoms with Crippen molar-refractivity contribution in [3.8, 4) is 0 Å². The lowest BCUT2D eigenvalue weighted by molar-refractivity contribution is 0.212. The van der Waals surface area contributed by atoms with Gasteiger partial charge in [-0.2, -0.15) is 0 Å². The van der Waals surface area contributed by atoms with Crippen molar-refractivity contribution in [1.82, 2.24) is 5.32 Å². The molecular weight excluding hydrogens is 162 g/mol. The van der Waals surface area contributed by atoms with Gasteiger partial charge < -0.3 is 10.1 Å². The largest absolute Gasteiger partial charge is 0.496 e. The Morgan fingerprint density at radius 1 is 1.46 bits per heavy atom. The highest BCUT2D eigenvalue weighted by Gasteiger charge is 2.16. The molecule has 1 atom stereocenters. The van der Waals surface area contributed by atoms with Crippen molar-refractivity contribution in [2.75, 3.05) is 13.7 Å². The molecule has 0 fully saturated rings. The van der Waals surface area contributed by atoms with E-state index in [0.717, 1.165) is 24.7 Å². The topological polar surface area (TPSA) is 21.3 Å². The summed E-state index contributed by atoms with van der Waals surface area (Å²) in [6.07, 6.45) is 5.73. The molecule has 0 saturated carbocycles. The average molecular weight is 183 g/mol. The van der Waals surface area contributed by atoms with Crippen molar-refractivity contribution in [2.24, 2.45) is 5.92 Å². The highest BCUT2D eigenvalue weighted by molar-refractivity contribution is 5.06. The molecule has 0 bridgehead atoms. The summed E-state index contributed by atoms with van der Waals surface area (Å²) in [6.45, 7) is 5.39. The molecule has 0 amide bonds. The second-order valence-corrected chi connectivity index (χ2v) is 4.06. The van der Waals surface area contributed by atoms with Gasteiger partial charge in [-0.25, -0.2) is 0 Å². The SMILES string of the molecule is CNC(CCC(C)C)C1=CCCO1. The fourth-order valence-corrected chi connectivity index (χ4v) is 1.61. The van der Waals surface area contributed by atoms with Crippen LogP contribution in [-0.4, -0.2) is 19.7 Å². The van der Waals surface area contributed by atoms with Gasteiger partial charge in [0.1, 0.15) is 5.76 Å². The van der Waals surface area contributed by atoms with Gasteiger partial charge in [-0.1, -0.05) is 13.8 Å². The van der Waals surface area contributed by atoms with Crippen LogP contribution in [0.25, 0.3) is 0 Å². The van der Waals surface area contributed by atoms with Crippen LogP contribution < -0.4 is 5.32 Å². The maximum absolute atomic E-state index is 5.54. The van der Waals surface area contributed by atoms with Crippen LogP contribution in [0.1, 0.15) is 33.1 Å². The van der Waals surface area contributed by atoms with Gasteiger partial charge in [-0.3, -0.25) is 0 Å². The van der Waals surface area contributed by atoms with Gasteiger partial charge in [-0.15, -0.1) is 0 Å². The second kappa shape index (κ2) is 5.28. The molecule has 1 heterocycles. The van der Waals surface area contributed by atoms with Crippen molar-refractivity contribution in [3.63, 3.8) is 0 Å². The predicted molar refractivity (Wildman–Crippen MR) is 55.6 cm³/mol. The number of hydrogen-bond donors (Lipinski definition) is 1. The van der Waals surface area contributed by atoms with Gasteiger partial charge in [0, 0.05) is 6.42 Å². The number of nitrogens with one attached hydrogen (secondary N) is 1. The molecule has 2 heteroatoms. The third-order valence-corrected chi connectivity index (χ3v) is 2.46. The van der Waals surface area contributed by atoms with Gasteiger partial charge in [-0.05, 0) is 31.9 Å². The zero-order valence-electron chi connectivity index (χ0n) is 8.97. The first kappa shape index (κ1) is 10.6. The van der Waals surface area contributed by atoms with Crippen LogP contribution in [0.15, 0.2) is 11.8 Å². The Balaban J connectivity index is 2.33. The van der Waals surface area contributed by atoms with E-state index in [4.69, 9.17) is 4.74 Å². The molecule has 1 aliphatic rings. The highest BCUT2D eigenvalue weighted by Crippen LogP contribution is 2.18. The summed E-state index contributed by atoms with van der Waals surface area (Å²) in [6, 6.07) is 0.435. The molecule has 0 spiro atoms. The molecule has 1 aliphatic heterocycles. The highest BCUT2D eigenvalue weighted by atomic mass is 16.5. The Hall–Kier alpha value is -0.500. The lowest BCUT2D eigenvalue weighted by Crippen LogP contribution is -2.28. The standard InChI is InChI=1S/C11H21NO/c1-9(2)6-7-10(12-3)11-5-4-8-13-11/h5,9-10,12H,4,6-8H2,1-3H3. The van der Waals surface area contributed by atoms with Crippen molar-refractivity contribution in [1.29, 1.82) is 0 Å². The third kappa shape index (κ3) is 3.39. The van der Waals surface area contributed by atoms with Crippen LogP contribution >= 0.6 is 0 Å². The van der Waals surface area contributed by atoms with Crippen LogP contribution in [0, 0.1) is 5.92 Å². The maximum atomic E-state index is 5.54. The molecule has 1 unspecified atom stereocenters. The third-order valence-electron chi connectivity index (χ3n) is 2.46. The fourth-order valence-electron chi connectivity index (χ4n) is 1.61. The number of likely N-dealkylation sites (N-methyl/N-ethyl adjacent to an activating group) is 1. The Kier molecular flexibility index (Phi) is 4.29. The molecule has 2 nitrogen and oxygen atoms in total. The zero-order chi connectivity index (χ0) is 9.68. The average Bonchev–Trinajstić information content (AvgIpc) is 2.58. The molecule has 1 N–H and O–H groups in total. The van der Waals surface area contributed by atoms with E-state index in [0.29, 0.717) is 6.04 Å². The summed E-state index contributed by atoms with van der Waals surface area (Å²) in [7, 11) is 2.01. The second-order valence-electron chi connectivity index (χ2n) is 4.06. The predicted octanol–water partition coefficient (Wildman–Crippen LogP) is 2.31. The molecular formula is C11H21NO. The fraction of sp³-hybridized carbons (Fsp3) is 0.818. The number of hydrogen-bond acceptors (Lipinski definition) is 2. The summed E-state index contributed by atoms with van der Waals surface area (Å²) >= 11 is 0. The van der Waals surface area contributed by atoms with E-state index in [1.165, 1.54) is 12.8 Å². The van der Waals surface area contributed by atoms with Gasteiger partial charge in [0.25, 0.3) is 0 Å². The first-order chi connectivity index (χ1) is 6.24. The van der Waals surface area contributed by atoms with Crippen LogP contribution in [0.3, 0.4) is 0 Å². The summed E-state index contributed by atoms with van der Waals surface area (Å²) in [5, 5.41) is 3.31. The molecule has 0 aromatic heterocycles. The number of ether oxygens (including phenoxy) is 1. The Morgan fingerprint density at radius 2 is 2.23 bits per heavy atom. The summed E-state index contributed by atoms with van der Waals surface area (Å²) in [5.41, 5.74) is 0.